The molecule has 0 aliphatic heterocycles. The number of rotatable bonds is 4. The molecular formula is C18H22N2O. The van der Waals surface area contributed by atoms with Crippen molar-refractivity contribution < 1.29 is 4.79 Å². The number of anilines is 1. The highest BCUT2D eigenvalue weighted by Crippen LogP contribution is 2.20. The normalized spacial score (nSPS) is 10.3. The molecule has 0 atom stereocenters. The number of aryl methyl sites for hydroxylation is 2. The maximum absolute atomic E-state index is 12.2. The Balaban J connectivity index is 2.23. The van der Waals surface area contributed by atoms with Crippen molar-refractivity contribution in [2.24, 2.45) is 0 Å². The number of hydrogen-bond donors (Lipinski definition) is 1. The summed E-state index contributed by atoms with van der Waals surface area (Å²) in [6, 6.07) is 13.9. The monoisotopic (exact) mass is 282 g/mol. The van der Waals surface area contributed by atoms with E-state index in [-0.39, 0.29) is 5.91 Å². The molecule has 1 amide bonds. The van der Waals surface area contributed by atoms with Crippen LogP contribution in [0, 0.1) is 13.8 Å². The third kappa shape index (κ3) is 3.43. The van der Waals surface area contributed by atoms with Crippen LogP contribution in [-0.4, -0.2) is 24.9 Å². The zero-order chi connectivity index (χ0) is 15.4. The second-order valence-corrected chi connectivity index (χ2v) is 5.47. The van der Waals surface area contributed by atoms with Gasteiger partial charge in [0.2, 0.25) is 0 Å². The van der Waals surface area contributed by atoms with E-state index in [9.17, 15) is 4.79 Å². The summed E-state index contributed by atoms with van der Waals surface area (Å²) in [4.78, 5) is 13.8. The van der Waals surface area contributed by atoms with E-state index >= 15 is 0 Å². The van der Waals surface area contributed by atoms with E-state index in [1.807, 2.05) is 24.3 Å². The number of nitrogens with zero attached hydrogens (tertiary/aromatic N) is 1. The molecule has 2 aromatic rings. The number of amides is 1. The van der Waals surface area contributed by atoms with Gasteiger partial charge in [-0.05, 0) is 42.7 Å². The third-order valence-electron chi connectivity index (χ3n) is 3.66. The van der Waals surface area contributed by atoms with Crippen LogP contribution in [-0.2, 0) is 6.54 Å². The van der Waals surface area contributed by atoms with Crippen molar-refractivity contribution in [1.29, 1.82) is 0 Å². The zero-order valence-corrected chi connectivity index (χ0v) is 13.1. The highest BCUT2D eigenvalue weighted by molar-refractivity contribution is 5.99. The van der Waals surface area contributed by atoms with Crippen molar-refractivity contribution in [2.75, 3.05) is 19.4 Å². The first-order valence-corrected chi connectivity index (χ1v) is 7.10. The molecule has 0 saturated carbocycles. The first-order chi connectivity index (χ1) is 10.0. The van der Waals surface area contributed by atoms with Crippen LogP contribution in [0.25, 0.3) is 0 Å². The predicted octanol–water partition coefficient (Wildman–Crippen LogP) is 3.62. The summed E-state index contributed by atoms with van der Waals surface area (Å²) < 4.78 is 0. The van der Waals surface area contributed by atoms with Gasteiger partial charge in [-0.15, -0.1) is 0 Å². The maximum atomic E-state index is 12.2. The molecule has 2 rings (SSSR count). The molecule has 110 valence electrons. The Morgan fingerprint density at radius 1 is 1.00 bits per heavy atom. The van der Waals surface area contributed by atoms with Crippen LogP contribution < -0.4 is 5.32 Å². The van der Waals surface area contributed by atoms with Crippen molar-refractivity contribution in [3.8, 4) is 0 Å². The minimum absolute atomic E-state index is 0.0135. The molecule has 0 aliphatic rings. The Hall–Kier alpha value is -2.29. The molecule has 3 nitrogen and oxygen atoms in total. The Bertz CT molecular complexity index is 627. The second kappa shape index (κ2) is 6.44. The second-order valence-electron chi connectivity index (χ2n) is 5.47. The van der Waals surface area contributed by atoms with Crippen molar-refractivity contribution >= 4 is 11.6 Å². The number of nitrogens with one attached hydrogen (secondary N) is 1. The average molecular weight is 282 g/mol. The van der Waals surface area contributed by atoms with E-state index in [1.165, 1.54) is 16.7 Å². The van der Waals surface area contributed by atoms with Crippen LogP contribution in [0.4, 0.5) is 5.69 Å². The Morgan fingerprint density at radius 2 is 1.62 bits per heavy atom. The summed E-state index contributed by atoms with van der Waals surface area (Å²) in [5, 5.41) is 3.40. The largest absolute Gasteiger partial charge is 0.380 e. The van der Waals surface area contributed by atoms with Gasteiger partial charge in [-0.3, -0.25) is 4.79 Å². The lowest BCUT2D eigenvalue weighted by atomic mass is 10.0. The first-order valence-electron chi connectivity index (χ1n) is 7.10. The summed E-state index contributed by atoms with van der Waals surface area (Å²) in [6.07, 6.45) is 0. The Morgan fingerprint density at radius 3 is 2.24 bits per heavy atom. The Labute approximate surface area is 126 Å². The minimum atomic E-state index is 0.0135. The molecule has 0 fully saturated rings. The van der Waals surface area contributed by atoms with Gasteiger partial charge in [0.05, 0.1) is 5.56 Å². The van der Waals surface area contributed by atoms with Gasteiger partial charge < -0.3 is 10.2 Å². The molecule has 0 unspecified atom stereocenters. The van der Waals surface area contributed by atoms with E-state index < -0.39 is 0 Å². The van der Waals surface area contributed by atoms with Crippen LogP contribution in [0.2, 0.25) is 0 Å². The van der Waals surface area contributed by atoms with Gasteiger partial charge in [0.25, 0.3) is 5.91 Å². The lowest BCUT2D eigenvalue weighted by Gasteiger charge is -2.16. The van der Waals surface area contributed by atoms with Crippen LogP contribution in [0.1, 0.15) is 27.0 Å². The molecule has 0 bridgehead atoms. The molecule has 2 aromatic carbocycles. The highest BCUT2D eigenvalue weighted by atomic mass is 16.2. The topological polar surface area (TPSA) is 32.3 Å². The zero-order valence-electron chi connectivity index (χ0n) is 13.1. The summed E-state index contributed by atoms with van der Waals surface area (Å²) in [6.45, 7) is 4.94. The molecule has 0 saturated heterocycles. The van der Waals surface area contributed by atoms with E-state index in [0.717, 1.165) is 12.2 Å². The van der Waals surface area contributed by atoms with Crippen LogP contribution in [0.15, 0.2) is 42.5 Å². The number of carbonyl (C=O) groups is 1. The fourth-order valence-corrected chi connectivity index (χ4v) is 2.38. The van der Waals surface area contributed by atoms with Gasteiger partial charge in [0, 0.05) is 26.3 Å². The lowest BCUT2D eigenvalue weighted by Crippen LogP contribution is -2.23. The van der Waals surface area contributed by atoms with Gasteiger partial charge in [0.15, 0.2) is 0 Å². The molecular weight excluding hydrogens is 260 g/mol. The molecule has 21 heavy (non-hydrogen) atoms. The average Bonchev–Trinajstić information content (AvgIpc) is 2.46. The SMILES string of the molecule is Cc1cccc(C)c1CNc1ccccc1C(=O)N(C)C. The van der Waals surface area contributed by atoms with Crippen molar-refractivity contribution in [3.63, 3.8) is 0 Å². The number of hydrogen-bond acceptors (Lipinski definition) is 2. The standard InChI is InChI=1S/C18H22N2O/c1-13-8-7-9-14(2)16(13)12-19-17-11-6-5-10-15(17)18(21)20(3)4/h5-11,19H,12H2,1-4H3. The molecule has 3 heteroatoms. The third-order valence-corrected chi connectivity index (χ3v) is 3.66. The van der Waals surface area contributed by atoms with Crippen LogP contribution in [0.3, 0.4) is 0 Å². The van der Waals surface area contributed by atoms with Crippen molar-refractivity contribution in [3.05, 3.63) is 64.7 Å². The summed E-state index contributed by atoms with van der Waals surface area (Å²) in [5.74, 6) is 0.0135. The number of benzene rings is 2. The molecule has 0 radical (unpaired) electrons. The molecule has 1 N–H and O–H groups in total. The highest BCUT2D eigenvalue weighted by Gasteiger charge is 2.12. The summed E-state index contributed by atoms with van der Waals surface area (Å²) in [5.41, 5.74) is 5.38. The van der Waals surface area contributed by atoms with Gasteiger partial charge in [-0.25, -0.2) is 0 Å². The summed E-state index contributed by atoms with van der Waals surface area (Å²) in [7, 11) is 3.54. The Kier molecular flexibility index (Phi) is 4.63. The van der Waals surface area contributed by atoms with Crippen molar-refractivity contribution in [2.45, 2.75) is 20.4 Å². The van der Waals surface area contributed by atoms with Gasteiger partial charge >= 0.3 is 0 Å². The first kappa shape index (κ1) is 15.1. The maximum Gasteiger partial charge on any atom is 0.255 e. The van der Waals surface area contributed by atoms with Crippen molar-refractivity contribution in [1.82, 2.24) is 4.90 Å². The quantitative estimate of drug-likeness (QED) is 0.929. The predicted molar refractivity (Wildman–Crippen MR) is 87.7 cm³/mol. The molecule has 0 aromatic heterocycles. The van der Waals surface area contributed by atoms with E-state index in [4.69, 9.17) is 0 Å². The van der Waals surface area contributed by atoms with Gasteiger partial charge in [-0.2, -0.15) is 0 Å². The van der Waals surface area contributed by atoms with Crippen LogP contribution >= 0.6 is 0 Å². The smallest absolute Gasteiger partial charge is 0.255 e. The van der Waals surface area contributed by atoms with Crippen LogP contribution in [0.5, 0.6) is 0 Å². The fourth-order valence-electron chi connectivity index (χ4n) is 2.38. The van der Waals surface area contributed by atoms with E-state index in [2.05, 4.69) is 37.4 Å². The van der Waals surface area contributed by atoms with E-state index in [1.54, 1.807) is 19.0 Å². The lowest BCUT2D eigenvalue weighted by molar-refractivity contribution is 0.0828. The number of carbonyl (C=O) groups excluding carboxylic acids is 1. The minimum Gasteiger partial charge on any atom is -0.380 e. The fraction of sp³-hybridized carbons (Fsp3) is 0.278. The van der Waals surface area contributed by atoms with Gasteiger partial charge in [-0.1, -0.05) is 30.3 Å². The summed E-state index contributed by atoms with van der Waals surface area (Å²) >= 11 is 0. The molecule has 0 aliphatic carbocycles. The van der Waals surface area contributed by atoms with E-state index in [0.29, 0.717) is 5.56 Å². The molecule has 0 spiro atoms. The molecule has 0 heterocycles. The van der Waals surface area contributed by atoms with Gasteiger partial charge in [0.1, 0.15) is 0 Å². The number of para-hydroxylation sites is 1.